The second-order valence-electron chi connectivity index (χ2n) is 3.84. The topological polar surface area (TPSA) is 54.9 Å². The zero-order valence-electron chi connectivity index (χ0n) is 9.85. The number of rotatable bonds is 3. The van der Waals surface area contributed by atoms with Crippen molar-refractivity contribution in [2.24, 2.45) is 0 Å². The van der Waals surface area contributed by atoms with Gasteiger partial charge in [0.15, 0.2) is 0 Å². The third-order valence-electron chi connectivity index (χ3n) is 2.34. The molecule has 2 aromatic rings. The Labute approximate surface area is 104 Å². The summed E-state index contributed by atoms with van der Waals surface area (Å²) < 4.78 is 12.7. The molecular formula is C13H12FN3O. The number of amides is 1. The Balaban J connectivity index is 1.98. The van der Waals surface area contributed by atoms with Gasteiger partial charge in [-0.2, -0.15) is 0 Å². The van der Waals surface area contributed by atoms with Gasteiger partial charge < -0.3 is 5.32 Å². The first kappa shape index (κ1) is 12.2. The highest BCUT2D eigenvalue weighted by Gasteiger charge is 2.05. The number of benzene rings is 1. The van der Waals surface area contributed by atoms with Crippen LogP contribution in [0.4, 0.5) is 4.39 Å². The van der Waals surface area contributed by atoms with Gasteiger partial charge >= 0.3 is 0 Å². The average Bonchev–Trinajstić information content (AvgIpc) is 2.37. The number of carbonyl (C=O) groups excluding carboxylic acids is 1. The lowest BCUT2D eigenvalue weighted by Crippen LogP contribution is -2.23. The maximum Gasteiger partial charge on any atom is 0.251 e. The number of aromatic nitrogens is 2. The highest BCUT2D eigenvalue weighted by Crippen LogP contribution is 2.03. The first-order valence-electron chi connectivity index (χ1n) is 5.46. The monoisotopic (exact) mass is 245 g/mol. The average molecular weight is 245 g/mol. The molecule has 18 heavy (non-hydrogen) atoms. The van der Waals surface area contributed by atoms with Crippen molar-refractivity contribution in [1.82, 2.24) is 15.3 Å². The van der Waals surface area contributed by atoms with Crippen molar-refractivity contribution in [2.45, 2.75) is 13.5 Å². The third-order valence-corrected chi connectivity index (χ3v) is 2.34. The van der Waals surface area contributed by atoms with Crippen LogP contribution < -0.4 is 5.32 Å². The van der Waals surface area contributed by atoms with Crippen LogP contribution in [0.5, 0.6) is 0 Å². The molecule has 0 aliphatic heterocycles. The molecule has 0 saturated heterocycles. The minimum absolute atomic E-state index is 0.265. The zero-order chi connectivity index (χ0) is 13.0. The van der Waals surface area contributed by atoms with E-state index in [-0.39, 0.29) is 11.7 Å². The van der Waals surface area contributed by atoms with Crippen molar-refractivity contribution in [3.8, 4) is 0 Å². The number of hydrogen-bond acceptors (Lipinski definition) is 3. The van der Waals surface area contributed by atoms with Crippen LogP contribution in [0.25, 0.3) is 0 Å². The number of halogens is 1. The van der Waals surface area contributed by atoms with Gasteiger partial charge in [-0.3, -0.25) is 14.8 Å². The molecule has 0 atom stereocenters. The number of nitrogens with zero attached hydrogens (tertiary/aromatic N) is 2. The first-order valence-corrected chi connectivity index (χ1v) is 5.46. The zero-order valence-corrected chi connectivity index (χ0v) is 9.85. The van der Waals surface area contributed by atoms with Crippen molar-refractivity contribution in [3.63, 3.8) is 0 Å². The molecule has 1 amide bonds. The minimum Gasteiger partial charge on any atom is -0.346 e. The van der Waals surface area contributed by atoms with Crippen LogP contribution in [-0.4, -0.2) is 15.9 Å². The molecule has 2 rings (SSSR count). The van der Waals surface area contributed by atoms with Gasteiger partial charge in [-0.25, -0.2) is 4.39 Å². The van der Waals surface area contributed by atoms with Crippen molar-refractivity contribution in [3.05, 3.63) is 59.4 Å². The summed E-state index contributed by atoms with van der Waals surface area (Å²) >= 11 is 0. The fourth-order valence-electron chi connectivity index (χ4n) is 1.47. The Morgan fingerprint density at radius 3 is 2.67 bits per heavy atom. The molecule has 0 radical (unpaired) electrons. The van der Waals surface area contributed by atoms with Crippen LogP contribution >= 0.6 is 0 Å². The van der Waals surface area contributed by atoms with Gasteiger partial charge in [-0.05, 0) is 31.2 Å². The van der Waals surface area contributed by atoms with Crippen molar-refractivity contribution < 1.29 is 9.18 Å². The van der Waals surface area contributed by atoms with Gasteiger partial charge in [0, 0.05) is 11.8 Å². The van der Waals surface area contributed by atoms with Gasteiger partial charge in [-0.15, -0.1) is 0 Å². The highest BCUT2D eigenvalue weighted by atomic mass is 19.1. The predicted octanol–water partition coefficient (Wildman–Crippen LogP) is 1.85. The lowest BCUT2D eigenvalue weighted by molar-refractivity contribution is 0.0950. The highest BCUT2D eigenvalue weighted by molar-refractivity contribution is 5.94. The van der Waals surface area contributed by atoms with E-state index in [4.69, 9.17) is 0 Å². The molecule has 0 unspecified atom stereocenters. The van der Waals surface area contributed by atoms with Gasteiger partial charge in [0.25, 0.3) is 5.91 Å². The summed E-state index contributed by atoms with van der Waals surface area (Å²) in [6.07, 6.45) is 3.24. The van der Waals surface area contributed by atoms with E-state index in [0.29, 0.717) is 17.8 Å². The van der Waals surface area contributed by atoms with Crippen LogP contribution in [0, 0.1) is 12.7 Å². The largest absolute Gasteiger partial charge is 0.346 e. The quantitative estimate of drug-likeness (QED) is 0.897. The van der Waals surface area contributed by atoms with Gasteiger partial charge in [0.1, 0.15) is 5.82 Å². The van der Waals surface area contributed by atoms with E-state index in [9.17, 15) is 9.18 Å². The van der Waals surface area contributed by atoms with E-state index in [2.05, 4.69) is 15.3 Å². The number of aryl methyl sites for hydroxylation is 1. The second kappa shape index (κ2) is 5.35. The Hall–Kier alpha value is -2.30. The van der Waals surface area contributed by atoms with E-state index in [1.165, 1.54) is 24.3 Å². The fourth-order valence-corrected chi connectivity index (χ4v) is 1.47. The van der Waals surface area contributed by atoms with Gasteiger partial charge in [0.05, 0.1) is 24.1 Å². The van der Waals surface area contributed by atoms with Crippen LogP contribution in [-0.2, 0) is 6.54 Å². The van der Waals surface area contributed by atoms with E-state index < -0.39 is 0 Å². The number of nitrogens with one attached hydrogen (secondary N) is 1. The lowest BCUT2D eigenvalue weighted by atomic mass is 10.2. The number of carbonyl (C=O) groups is 1. The van der Waals surface area contributed by atoms with Crippen LogP contribution in [0.1, 0.15) is 21.7 Å². The molecule has 0 aliphatic carbocycles. The van der Waals surface area contributed by atoms with Crippen LogP contribution in [0.3, 0.4) is 0 Å². The Kier molecular flexibility index (Phi) is 3.62. The van der Waals surface area contributed by atoms with E-state index >= 15 is 0 Å². The third kappa shape index (κ3) is 3.10. The molecule has 1 N–H and O–H groups in total. The van der Waals surface area contributed by atoms with E-state index in [1.807, 2.05) is 6.92 Å². The molecule has 4 nitrogen and oxygen atoms in total. The summed E-state index contributed by atoms with van der Waals surface area (Å²) in [6.45, 7) is 2.13. The molecule has 1 aromatic carbocycles. The Bertz CT molecular complexity index is 554. The molecule has 0 fully saturated rings. The molecule has 1 heterocycles. The maximum atomic E-state index is 12.7. The van der Waals surface area contributed by atoms with Crippen molar-refractivity contribution >= 4 is 5.91 Å². The van der Waals surface area contributed by atoms with Crippen LogP contribution in [0.15, 0.2) is 36.7 Å². The normalized spacial score (nSPS) is 10.1. The summed E-state index contributed by atoms with van der Waals surface area (Å²) in [5.74, 6) is -0.630. The van der Waals surface area contributed by atoms with Crippen molar-refractivity contribution in [2.75, 3.05) is 0 Å². The maximum absolute atomic E-state index is 12.7. The fraction of sp³-hybridized carbons (Fsp3) is 0.154. The standard InChI is InChI=1S/C13H12FN3O/c1-9-6-15-7-12(17-9)8-16-13(18)10-2-4-11(14)5-3-10/h2-7H,8H2,1H3,(H,16,18). The molecule has 1 aromatic heterocycles. The molecule has 0 aliphatic rings. The van der Waals surface area contributed by atoms with Crippen molar-refractivity contribution in [1.29, 1.82) is 0 Å². The molecule has 0 spiro atoms. The van der Waals surface area contributed by atoms with Gasteiger partial charge in [-0.1, -0.05) is 0 Å². The summed E-state index contributed by atoms with van der Waals surface area (Å²) in [7, 11) is 0. The SMILES string of the molecule is Cc1cncc(CNC(=O)c2ccc(F)cc2)n1. The summed E-state index contributed by atoms with van der Waals surface area (Å²) in [5.41, 5.74) is 1.89. The Morgan fingerprint density at radius 2 is 2.00 bits per heavy atom. The summed E-state index contributed by atoms with van der Waals surface area (Å²) in [5, 5.41) is 2.70. The van der Waals surface area contributed by atoms with Gasteiger partial charge in [0.2, 0.25) is 0 Å². The minimum atomic E-state index is -0.365. The molecule has 92 valence electrons. The lowest BCUT2D eigenvalue weighted by Gasteiger charge is -2.05. The first-order chi connectivity index (χ1) is 8.65. The summed E-state index contributed by atoms with van der Waals surface area (Å²) in [6, 6.07) is 5.38. The molecule has 0 saturated carbocycles. The van der Waals surface area contributed by atoms with E-state index in [0.717, 1.165) is 5.69 Å². The predicted molar refractivity (Wildman–Crippen MR) is 64.3 cm³/mol. The smallest absolute Gasteiger partial charge is 0.251 e. The Morgan fingerprint density at radius 1 is 1.28 bits per heavy atom. The number of hydrogen-bond donors (Lipinski definition) is 1. The molecule has 0 bridgehead atoms. The molecule has 5 heteroatoms. The van der Waals surface area contributed by atoms with Crippen LogP contribution in [0.2, 0.25) is 0 Å². The second-order valence-corrected chi connectivity index (χ2v) is 3.84. The summed E-state index contributed by atoms with van der Waals surface area (Å²) in [4.78, 5) is 19.9. The molecular weight excluding hydrogens is 233 g/mol. The van der Waals surface area contributed by atoms with E-state index in [1.54, 1.807) is 12.4 Å².